The van der Waals surface area contributed by atoms with Crippen molar-refractivity contribution in [1.82, 2.24) is 4.90 Å². The molecule has 0 spiro atoms. The predicted molar refractivity (Wildman–Crippen MR) is 68.1 cm³/mol. The van der Waals surface area contributed by atoms with Gasteiger partial charge in [0.25, 0.3) is 0 Å². The number of hydrogen-bond acceptors (Lipinski definition) is 1. The van der Waals surface area contributed by atoms with Crippen molar-refractivity contribution in [3.63, 3.8) is 0 Å². The summed E-state index contributed by atoms with van der Waals surface area (Å²) in [6, 6.07) is 3.84. The van der Waals surface area contributed by atoms with Gasteiger partial charge in [-0.15, -0.1) is 0 Å². The number of benzene rings is 1. The molecule has 2 nitrogen and oxygen atoms in total. The second-order valence-electron chi connectivity index (χ2n) is 5.00. The first-order valence-electron chi connectivity index (χ1n) is 6.43. The fraction of sp³-hybridized carbons (Fsp3) is 0.500. The van der Waals surface area contributed by atoms with E-state index in [1.165, 1.54) is 19.1 Å². The van der Waals surface area contributed by atoms with Crippen LogP contribution in [0.5, 0.6) is 0 Å². The summed E-state index contributed by atoms with van der Waals surface area (Å²) in [7, 11) is 1.02. The lowest BCUT2D eigenvalue weighted by Crippen LogP contribution is -2.43. The highest BCUT2D eigenvalue weighted by Crippen LogP contribution is 2.30. The first-order valence-corrected chi connectivity index (χ1v) is 6.43. The van der Waals surface area contributed by atoms with E-state index in [0.29, 0.717) is 10.5 Å². The maximum Gasteiger partial charge on any atom is 0.471 e. The van der Waals surface area contributed by atoms with Crippen molar-refractivity contribution in [2.45, 2.75) is 38.2 Å². The van der Waals surface area contributed by atoms with E-state index in [2.05, 4.69) is 0 Å². The summed E-state index contributed by atoms with van der Waals surface area (Å²) in [5, 5.41) is 0. The van der Waals surface area contributed by atoms with Crippen LogP contribution < -0.4 is 0 Å². The Morgan fingerprint density at radius 3 is 2.27 bits per heavy atom. The van der Waals surface area contributed by atoms with E-state index in [1.807, 2.05) is 0 Å². The van der Waals surface area contributed by atoms with E-state index >= 15 is 0 Å². The average molecular weight is 327 g/mol. The Balaban J connectivity index is 2.69. The minimum absolute atomic E-state index is 0.125. The SMILES string of the molecule is CC(CCc1cccc(C(F)(F)F)c1)N(C)C(=O)C(F)(F)F. The summed E-state index contributed by atoms with van der Waals surface area (Å²) < 4.78 is 74.5. The molecule has 0 aliphatic heterocycles. The topological polar surface area (TPSA) is 20.3 Å². The molecule has 1 aromatic carbocycles. The van der Waals surface area contributed by atoms with Gasteiger partial charge in [0.15, 0.2) is 0 Å². The Hall–Kier alpha value is -1.73. The van der Waals surface area contributed by atoms with Gasteiger partial charge in [-0.3, -0.25) is 4.79 Å². The number of rotatable bonds is 4. The summed E-state index contributed by atoms with van der Waals surface area (Å²) >= 11 is 0. The van der Waals surface area contributed by atoms with Gasteiger partial charge in [0.2, 0.25) is 0 Å². The van der Waals surface area contributed by atoms with Crippen LogP contribution >= 0.6 is 0 Å². The molecule has 124 valence electrons. The zero-order valence-electron chi connectivity index (χ0n) is 11.9. The molecule has 1 atom stereocenters. The quantitative estimate of drug-likeness (QED) is 0.764. The van der Waals surface area contributed by atoms with Gasteiger partial charge in [0, 0.05) is 13.1 Å². The van der Waals surface area contributed by atoms with E-state index in [1.54, 1.807) is 0 Å². The zero-order chi connectivity index (χ0) is 17.1. The van der Waals surface area contributed by atoms with Crippen molar-refractivity contribution in [1.29, 1.82) is 0 Å². The normalized spacial score (nSPS) is 13.8. The molecule has 22 heavy (non-hydrogen) atoms. The minimum atomic E-state index is -4.96. The standard InChI is InChI=1S/C14H15F6NO/c1-9(21(2)12(22)14(18,19)20)6-7-10-4-3-5-11(8-10)13(15,16)17/h3-5,8-9H,6-7H2,1-2H3. The predicted octanol–water partition coefficient (Wildman–Crippen LogP) is 4.05. The van der Waals surface area contributed by atoms with Gasteiger partial charge >= 0.3 is 18.3 Å². The molecule has 0 bridgehead atoms. The Labute approximate surface area is 123 Å². The molecule has 1 amide bonds. The van der Waals surface area contributed by atoms with Crippen molar-refractivity contribution in [2.75, 3.05) is 7.05 Å². The monoisotopic (exact) mass is 327 g/mol. The molecule has 8 heteroatoms. The number of nitrogens with zero attached hydrogens (tertiary/aromatic N) is 1. The first kappa shape index (κ1) is 18.3. The summed E-state index contributed by atoms with van der Waals surface area (Å²) in [6.45, 7) is 1.41. The fourth-order valence-electron chi connectivity index (χ4n) is 1.87. The van der Waals surface area contributed by atoms with Crippen molar-refractivity contribution in [3.8, 4) is 0 Å². The van der Waals surface area contributed by atoms with E-state index in [-0.39, 0.29) is 12.8 Å². The van der Waals surface area contributed by atoms with E-state index in [9.17, 15) is 31.1 Å². The molecule has 0 radical (unpaired) electrons. The van der Waals surface area contributed by atoms with Crippen LogP contribution in [0.1, 0.15) is 24.5 Å². The molecule has 0 N–H and O–H groups in total. The number of alkyl halides is 6. The maximum atomic E-state index is 12.6. The second kappa shape index (κ2) is 6.58. The number of carbonyl (C=O) groups is 1. The van der Waals surface area contributed by atoms with Gasteiger partial charge in [-0.1, -0.05) is 18.2 Å². The van der Waals surface area contributed by atoms with Gasteiger partial charge in [0.1, 0.15) is 0 Å². The number of carbonyl (C=O) groups excluding carboxylic acids is 1. The molecule has 1 aromatic rings. The third-order valence-corrected chi connectivity index (χ3v) is 3.33. The number of amides is 1. The molecule has 0 aromatic heterocycles. The molecule has 0 saturated heterocycles. The van der Waals surface area contributed by atoms with Crippen molar-refractivity contribution < 1.29 is 31.1 Å². The molecular weight excluding hydrogens is 312 g/mol. The molecule has 0 saturated carbocycles. The molecular formula is C14H15F6NO. The highest BCUT2D eigenvalue weighted by Gasteiger charge is 2.42. The van der Waals surface area contributed by atoms with Crippen molar-refractivity contribution in [2.24, 2.45) is 0 Å². The summed E-state index contributed by atoms with van der Waals surface area (Å²) in [5.74, 6) is -1.97. The zero-order valence-corrected chi connectivity index (χ0v) is 11.9. The van der Waals surface area contributed by atoms with Crippen molar-refractivity contribution in [3.05, 3.63) is 35.4 Å². The van der Waals surface area contributed by atoms with Gasteiger partial charge in [-0.2, -0.15) is 26.3 Å². The Kier molecular flexibility index (Phi) is 5.48. The van der Waals surface area contributed by atoms with Crippen LogP contribution in [0.3, 0.4) is 0 Å². The Morgan fingerprint density at radius 2 is 1.77 bits per heavy atom. The molecule has 0 heterocycles. The van der Waals surface area contributed by atoms with Crippen LogP contribution in [-0.2, 0) is 17.4 Å². The van der Waals surface area contributed by atoms with E-state index in [4.69, 9.17) is 0 Å². The lowest BCUT2D eigenvalue weighted by molar-refractivity contribution is -0.186. The first-order chi connectivity index (χ1) is 9.93. The van der Waals surface area contributed by atoms with E-state index in [0.717, 1.165) is 19.2 Å². The summed E-state index contributed by atoms with van der Waals surface area (Å²) in [5.41, 5.74) is -0.452. The van der Waals surface area contributed by atoms with Gasteiger partial charge in [-0.05, 0) is 31.4 Å². The number of aryl methyl sites for hydroxylation is 1. The Morgan fingerprint density at radius 1 is 1.18 bits per heavy atom. The third kappa shape index (κ3) is 4.92. The minimum Gasteiger partial charge on any atom is -0.335 e. The smallest absolute Gasteiger partial charge is 0.335 e. The van der Waals surface area contributed by atoms with Gasteiger partial charge in [-0.25, -0.2) is 0 Å². The van der Waals surface area contributed by atoms with Crippen LogP contribution in [-0.4, -0.2) is 30.1 Å². The second-order valence-corrected chi connectivity index (χ2v) is 5.00. The molecule has 1 unspecified atom stereocenters. The van der Waals surface area contributed by atoms with Crippen LogP contribution in [0.15, 0.2) is 24.3 Å². The van der Waals surface area contributed by atoms with Crippen LogP contribution in [0.25, 0.3) is 0 Å². The highest BCUT2D eigenvalue weighted by atomic mass is 19.4. The van der Waals surface area contributed by atoms with Gasteiger partial charge < -0.3 is 4.90 Å². The number of halogens is 6. The fourth-order valence-corrected chi connectivity index (χ4v) is 1.87. The average Bonchev–Trinajstić information content (AvgIpc) is 2.41. The van der Waals surface area contributed by atoms with Crippen LogP contribution in [0, 0.1) is 0 Å². The lowest BCUT2D eigenvalue weighted by atomic mass is 10.0. The number of hydrogen-bond donors (Lipinski definition) is 0. The summed E-state index contributed by atoms with van der Waals surface area (Å²) in [4.78, 5) is 11.6. The summed E-state index contributed by atoms with van der Waals surface area (Å²) in [6.07, 6.45) is -9.16. The molecule has 0 aliphatic carbocycles. The van der Waals surface area contributed by atoms with Crippen LogP contribution in [0.4, 0.5) is 26.3 Å². The highest BCUT2D eigenvalue weighted by molar-refractivity contribution is 5.81. The van der Waals surface area contributed by atoms with E-state index < -0.39 is 29.9 Å². The third-order valence-electron chi connectivity index (χ3n) is 3.33. The molecule has 0 aliphatic rings. The van der Waals surface area contributed by atoms with Crippen molar-refractivity contribution >= 4 is 5.91 Å². The van der Waals surface area contributed by atoms with Crippen LogP contribution in [0.2, 0.25) is 0 Å². The lowest BCUT2D eigenvalue weighted by Gasteiger charge is -2.25. The van der Waals surface area contributed by atoms with Gasteiger partial charge in [0.05, 0.1) is 5.56 Å². The maximum absolute atomic E-state index is 12.6. The Bertz CT molecular complexity index is 523. The largest absolute Gasteiger partial charge is 0.471 e. The molecule has 0 fully saturated rings. The molecule has 1 rings (SSSR count).